The molecule has 0 atom stereocenters. The fraction of sp³-hybridized carbons (Fsp3) is 0.0909. The van der Waals surface area contributed by atoms with Crippen LogP contribution in [0, 0.1) is 3.57 Å². The third-order valence-electron chi connectivity index (χ3n) is 2.27. The molecule has 2 rings (SSSR count). The highest BCUT2D eigenvalue weighted by atomic mass is 127. The molecule has 1 aromatic carbocycles. The number of nitrogens with one attached hydrogen (secondary N) is 1. The lowest BCUT2D eigenvalue weighted by Gasteiger charge is -2.04. The van der Waals surface area contributed by atoms with Gasteiger partial charge in [-0.3, -0.25) is 4.79 Å². The Hall–Kier alpha value is -1.37. The average Bonchev–Trinajstić information content (AvgIpc) is 2.32. The van der Waals surface area contributed by atoms with Crippen molar-refractivity contribution in [3.05, 3.63) is 43.8 Å². The molecule has 0 aliphatic rings. The SMILES string of the molecule is COC(=O)c1cccc2c(=O)c(I)c[nH]c12. The predicted molar refractivity (Wildman–Crippen MR) is 68.6 cm³/mol. The molecule has 0 saturated carbocycles. The number of carbonyl (C=O) groups excluding carboxylic acids is 1. The summed E-state index contributed by atoms with van der Waals surface area (Å²) in [6, 6.07) is 4.97. The number of hydrogen-bond donors (Lipinski definition) is 1. The third-order valence-corrected chi connectivity index (χ3v) is 3.08. The summed E-state index contributed by atoms with van der Waals surface area (Å²) in [6.07, 6.45) is 1.58. The van der Waals surface area contributed by atoms with E-state index < -0.39 is 5.97 Å². The number of esters is 1. The molecule has 4 nitrogen and oxygen atoms in total. The van der Waals surface area contributed by atoms with Crippen molar-refractivity contribution >= 4 is 39.5 Å². The van der Waals surface area contributed by atoms with Crippen LogP contribution in [0.1, 0.15) is 10.4 Å². The van der Waals surface area contributed by atoms with E-state index in [1.165, 1.54) is 7.11 Å². The molecule has 82 valence electrons. The zero-order chi connectivity index (χ0) is 11.7. The van der Waals surface area contributed by atoms with E-state index in [0.717, 1.165) is 0 Å². The van der Waals surface area contributed by atoms with Crippen molar-refractivity contribution in [2.45, 2.75) is 0 Å². The molecule has 5 heteroatoms. The van der Waals surface area contributed by atoms with E-state index >= 15 is 0 Å². The van der Waals surface area contributed by atoms with Gasteiger partial charge in [-0.1, -0.05) is 6.07 Å². The average molecular weight is 329 g/mol. The molecule has 0 aliphatic heterocycles. The molecule has 0 fully saturated rings. The van der Waals surface area contributed by atoms with Crippen molar-refractivity contribution in [1.82, 2.24) is 4.98 Å². The van der Waals surface area contributed by atoms with Gasteiger partial charge in [0.2, 0.25) is 5.43 Å². The van der Waals surface area contributed by atoms with Gasteiger partial charge in [0.05, 0.1) is 21.8 Å². The number of aromatic amines is 1. The Labute approximate surface area is 105 Å². The van der Waals surface area contributed by atoms with Crippen LogP contribution in [-0.2, 0) is 4.74 Å². The molecule has 0 saturated heterocycles. The van der Waals surface area contributed by atoms with Gasteiger partial charge in [-0.15, -0.1) is 0 Å². The van der Waals surface area contributed by atoms with Crippen molar-refractivity contribution in [3.8, 4) is 0 Å². The van der Waals surface area contributed by atoms with Crippen LogP contribution in [0.25, 0.3) is 10.9 Å². The molecule has 0 radical (unpaired) electrons. The Morgan fingerprint density at radius 2 is 2.19 bits per heavy atom. The third kappa shape index (κ3) is 1.71. The summed E-state index contributed by atoms with van der Waals surface area (Å²) in [5.41, 5.74) is 0.799. The second kappa shape index (κ2) is 4.25. The smallest absolute Gasteiger partial charge is 0.339 e. The van der Waals surface area contributed by atoms with Crippen molar-refractivity contribution < 1.29 is 9.53 Å². The summed E-state index contributed by atoms with van der Waals surface area (Å²) in [6.45, 7) is 0. The Morgan fingerprint density at radius 1 is 1.44 bits per heavy atom. The first kappa shape index (κ1) is 11.1. The summed E-state index contributed by atoms with van der Waals surface area (Å²) in [4.78, 5) is 26.2. The van der Waals surface area contributed by atoms with E-state index in [1.54, 1.807) is 24.4 Å². The zero-order valence-electron chi connectivity index (χ0n) is 8.41. The Morgan fingerprint density at radius 3 is 2.88 bits per heavy atom. The van der Waals surface area contributed by atoms with Gasteiger partial charge in [0.1, 0.15) is 0 Å². The number of carbonyl (C=O) groups is 1. The number of hydrogen-bond acceptors (Lipinski definition) is 3. The molecule has 1 heterocycles. The normalized spacial score (nSPS) is 10.4. The topological polar surface area (TPSA) is 59.2 Å². The minimum absolute atomic E-state index is 0.0832. The zero-order valence-corrected chi connectivity index (χ0v) is 10.6. The molecule has 0 amide bonds. The summed E-state index contributed by atoms with van der Waals surface area (Å²) in [5.74, 6) is -0.456. The number of methoxy groups -OCH3 is 1. The van der Waals surface area contributed by atoms with Gasteiger partial charge >= 0.3 is 5.97 Å². The molecule has 0 unspecified atom stereocenters. The first-order valence-corrected chi connectivity index (χ1v) is 5.61. The highest BCUT2D eigenvalue weighted by Crippen LogP contribution is 2.15. The second-order valence-electron chi connectivity index (χ2n) is 3.19. The van der Waals surface area contributed by atoms with E-state index in [4.69, 9.17) is 0 Å². The van der Waals surface area contributed by atoms with E-state index in [9.17, 15) is 9.59 Å². The van der Waals surface area contributed by atoms with Crippen LogP contribution in [0.2, 0.25) is 0 Å². The van der Waals surface area contributed by atoms with E-state index in [2.05, 4.69) is 9.72 Å². The van der Waals surface area contributed by atoms with Gasteiger partial charge in [0.25, 0.3) is 0 Å². The van der Waals surface area contributed by atoms with Crippen LogP contribution in [0.15, 0.2) is 29.2 Å². The number of benzene rings is 1. The van der Waals surface area contributed by atoms with Crippen LogP contribution in [0.5, 0.6) is 0 Å². The largest absolute Gasteiger partial charge is 0.465 e. The number of aromatic nitrogens is 1. The highest BCUT2D eigenvalue weighted by molar-refractivity contribution is 14.1. The molecule has 0 aliphatic carbocycles. The van der Waals surface area contributed by atoms with Crippen LogP contribution in [0.3, 0.4) is 0 Å². The Balaban J connectivity index is 2.85. The predicted octanol–water partition coefficient (Wildman–Crippen LogP) is 1.92. The van der Waals surface area contributed by atoms with Gasteiger partial charge in [0.15, 0.2) is 0 Å². The van der Waals surface area contributed by atoms with E-state index in [0.29, 0.717) is 20.0 Å². The lowest BCUT2D eigenvalue weighted by Crippen LogP contribution is -2.10. The highest BCUT2D eigenvalue weighted by Gasteiger charge is 2.12. The van der Waals surface area contributed by atoms with Gasteiger partial charge in [-0.05, 0) is 34.7 Å². The van der Waals surface area contributed by atoms with Gasteiger partial charge in [-0.25, -0.2) is 4.79 Å². The molecule has 0 spiro atoms. The molecule has 1 aromatic heterocycles. The first-order chi connectivity index (χ1) is 7.65. The Bertz CT molecular complexity index is 618. The fourth-order valence-corrected chi connectivity index (χ4v) is 1.95. The monoisotopic (exact) mass is 329 g/mol. The van der Waals surface area contributed by atoms with Crippen LogP contribution < -0.4 is 5.43 Å². The lowest BCUT2D eigenvalue weighted by molar-refractivity contribution is 0.0603. The standard InChI is InChI=1S/C11H8INO3/c1-16-11(15)7-4-2-3-6-9(7)13-5-8(12)10(6)14/h2-5H,1H3,(H,13,14). The number of fused-ring (bicyclic) bond motifs is 1. The number of halogens is 1. The molecule has 0 bridgehead atoms. The summed E-state index contributed by atoms with van der Waals surface area (Å²) in [7, 11) is 1.31. The molecular formula is C11H8INO3. The van der Waals surface area contributed by atoms with Gasteiger partial charge in [-0.2, -0.15) is 0 Å². The number of rotatable bonds is 1. The molecule has 1 N–H and O–H groups in total. The number of pyridine rings is 1. The maximum Gasteiger partial charge on any atom is 0.339 e. The van der Waals surface area contributed by atoms with E-state index in [1.807, 2.05) is 22.6 Å². The maximum absolute atomic E-state index is 11.8. The number of ether oxygens (including phenoxy) is 1. The fourth-order valence-electron chi connectivity index (χ4n) is 1.51. The number of para-hydroxylation sites is 1. The number of H-pyrrole nitrogens is 1. The molecular weight excluding hydrogens is 321 g/mol. The van der Waals surface area contributed by atoms with Crippen molar-refractivity contribution in [3.63, 3.8) is 0 Å². The molecule has 2 aromatic rings. The maximum atomic E-state index is 11.8. The quantitative estimate of drug-likeness (QED) is 0.642. The van der Waals surface area contributed by atoms with Crippen molar-refractivity contribution in [1.29, 1.82) is 0 Å². The van der Waals surface area contributed by atoms with E-state index in [-0.39, 0.29) is 5.43 Å². The van der Waals surface area contributed by atoms with Gasteiger partial charge < -0.3 is 9.72 Å². The summed E-state index contributed by atoms with van der Waals surface area (Å²) in [5, 5.41) is 0.495. The Kier molecular flexibility index (Phi) is 2.95. The first-order valence-electron chi connectivity index (χ1n) is 4.53. The van der Waals surface area contributed by atoms with Crippen LogP contribution in [-0.4, -0.2) is 18.1 Å². The van der Waals surface area contributed by atoms with Crippen molar-refractivity contribution in [2.24, 2.45) is 0 Å². The minimum atomic E-state index is -0.456. The van der Waals surface area contributed by atoms with Crippen LogP contribution >= 0.6 is 22.6 Å². The minimum Gasteiger partial charge on any atom is -0.465 e. The van der Waals surface area contributed by atoms with Crippen LogP contribution in [0.4, 0.5) is 0 Å². The van der Waals surface area contributed by atoms with Crippen molar-refractivity contribution in [2.75, 3.05) is 7.11 Å². The second-order valence-corrected chi connectivity index (χ2v) is 4.35. The van der Waals surface area contributed by atoms with Gasteiger partial charge in [0, 0.05) is 11.6 Å². The summed E-state index contributed by atoms with van der Waals surface area (Å²) >= 11 is 1.95. The molecule has 16 heavy (non-hydrogen) atoms. The summed E-state index contributed by atoms with van der Waals surface area (Å²) < 4.78 is 5.24. The lowest BCUT2D eigenvalue weighted by atomic mass is 10.1.